The molecule has 0 unspecified atom stereocenters. The summed E-state index contributed by atoms with van der Waals surface area (Å²) in [6, 6.07) is 5.44. The van der Waals surface area contributed by atoms with Crippen LogP contribution >= 0.6 is 0 Å². The molecular weight excluding hydrogens is 226 g/mol. The molecule has 2 aromatic rings. The van der Waals surface area contributed by atoms with Crippen molar-refractivity contribution in [3.63, 3.8) is 0 Å². The Kier molecular flexibility index (Phi) is 3.24. The van der Waals surface area contributed by atoms with Gasteiger partial charge in [-0.15, -0.1) is 6.42 Å². The van der Waals surface area contributed by atoms with E-state index in [0.29, 0.717) is 24.3 Å². The van der Waals surface area contributed by atoms with Crippen molar-refractivity contribution < 1.29 is 4.79 Å². The van der Waals surface area contributed by atoms with E-state index < -0.39 is 0 Å². The van der Waals surface area contributed by atoms with Gasteiger partial charge in [-0.2, -0.15) is 0 Å². The molecule has 0 fully saturated rings. The molecule has 0 spiro atoms. The van der Waals surface area contributed by atoms with Crippen LogP contribution in [0.5, 0.6) is 0 Å². The van der Waals surface area contributed by atoms with Crippen LogP contribution in [0.25, 0.3) is 10.9 Å². The fourth-order valence-corrected chi connectivity index (χ4v) is 1.93. The molecule has 1 aromatic heterocycles. The number of anilines is 1. The van der Waals surface area contributed by atoms with E-state index in [4.69, 9.17) is 12.2 Å². The highest BCUT2D eigenvalue weighted by atomic mass is 16.2. The van der Waals surface area contributed by atoms with Crippen LogP contribution in [0.15, 0.2) is 24.4 Å². The van der Waals surface area contributed by atoms with Crippen LogP contribution in [0.3, 0.4) is 0 Å². The maximum atomic E-state index is 12.3. The zero-order chi connectivity index (χ0) is 13.1. The molecule has 0 aliphatic heterocycles. The van der Waals surface area contributed by atoms with Crippen LogP contribution in [-0.4, -0.2) is 28.9 Å². The largest absolute Gasteiger partial charge is 0.399 e. The molecule has 4 nitrogen and oxygen atoms in total. The number of hydrogen-bond donors (Lipinski definition) is 2. The number of benzene rings is 1. The maximum absolute atomic E-state index is 12.3. The van der Waals surface area contributed by atoms with Gasteiger partial charge in [0.1, 0.15) is 0 Å². The summed E-state index contributed by atoms with van der Waals surface area (Å²) in [4.78, 5) is 17.0. The van der Waals surface area contributed by atoms with Crippen LogP contribution in [0.2, 0.25) is 0 Å². The Balaban J connectivity index is 2.42. The molecule has 4 heteroatoms. The summed E-state index contributed by atoms with van der Waals surface area (Å²) in [6.45, 7) is 2.81. The average molecular weight is 241 g/mol. The number of terminal acetylenes is 1. The Hall–Kier alpha value is -2.41. The summed E-state index contributed by atoms with van der Waals surface area (Å²) in [6.07, 6.45) is 6.96. The summed E-state index contributed by atoms with van der Waals surface area (Å²) in [5.41, 5.74) is 7.85. The van der Waals surface area contributed by atoms with Gasteiger partial charge in [0.15, 0.2) is 0 Å². The standard InChI is InChI=1S/C14H15N3O/c1-3-7-17(4-2)14(18)12-9-16-13-8-10(15)5-6-11(12)13/h1,5-6,8-9,16H,4,7,15H2,2H3. The molecule has 0 aliphatic carbocycles. The number of H-pyrrole nitrogens is 1. The summed E-state index contributed by atoms with van der Waals surface area (Å²) in [7, 11) is 0. The van der Waals surface area contributed by atoms with E-state index in [1.54, 1.807) is 17.2 Å². The number of carbonyl (C=O) groups excluding carboxylic acids is 1. The summed E-state index contributed by atoms with van der Waals surface area (Å²) in [5, 5.41) is 0.865. The Bertz CT molecular complexity index is 621. The maximum Gasteiger partial charge on any atom is 0.256 e. The summed E-state index contributed by atoms with van der Waals surface area (Å²) in [5.74, 6) is 2.43. The monoisotopic (exact) mass is 241 g/mol. The van der Waals surface area contributed by atoms with E-state index in [2.05, 4.69) is 10.9 Å². The Morgan fingerprint density at radius 3 is 3.00 bits per heavy atom. The molecule has 1 aromatic carbocycles. The smallest absolute Gasteiger partial charge is 0.256 e. The first-order valence-corrected chi connectivity index (χ1v) is 5.76. The molecule has 1 amide bonds. The zero-order valence-electron chi connectivity index (χ0n) is 10.2. The van der Waals surface area contributed by atoms with E-state index in [-0.39, 0.29) is 5.91 Å². The predicted molar refractivity (Wildman–Crippen MR) is 73.1 cm³/mol. The first-order chi connectivity index (χ1) is 8.67. The number of rotatable bonds is 3. The van der Waals surface area contributed by atoms with Crippen LogP contribution in [0.1, 0.15) is 17.3 Å². The third-order valence-corrected chi connectivity index (χ3v) is 2.89. The van der Waals surface area contributed by atoms with E-state index >= 15 is 0 Å². The minimum Gasteiger partial charge on any atom is -0.399 e. The molecule has 92 valence electrons. The molecule has 0 aliphatic rings. The van der Waals surface area contributed by atoms with Gasteiger partial charge < -0.3 is 15.6 Å². The van der Waals surface area contributed by atoms with Crippen molar-refractivity contribution >= 4 is 22.5 Å². The van der Waals surface area contributed by atoms with Gasteiger partial charge in [-0.1, -0.05) is 5.92 Å². The van der Waals surface area contributed by atoms with Crippen LogP contribution in [-0.2, 0) is 0 Å². The van der Waals surface area contributed by atoms with Gasteiger partial charge in [0, 0.05) is 29.3 Å². The molecule has 18 heavy (non-hydrogen) atoms. The Labute approximate surface area is 106 Å². The number of aromatic nitrogens is 1. The van der Waals surface area contributed by atoms with Crippen molar-refractivity contribution in [1.29, 1.82) is 0 Å². The van der Waals surface area contributed by atoms with Gasteiger partial charge in [-0.3, -0.25) is 4.79 Å². The SMILES string of the molecule is C#CCN(CC)C(=O)c1c[nH]c2cc(N)ccc12. The third kappa shape index (κ3) is 2.03. The number of nitrogens with one attached hydrogen (secondary N) is 1. The van der Waals surface area contributed by atoms with E-state index in [0.717, 1.165) is 10.9 Å². The molecule has 2 rings (SSSR count). The van der Waals surface area contributed by atoms with Crippen LogP contribution in [0, 0.1) is 12.3 Å². The Morgan fingerprint density at radius 2 is 2.33 bits per heavy atom. The molecule has 3 N–H and O–H groups in total. The highest BCUT2D eigenvalue weighted by Crippen LogP contribution is 2.21. The third-order valence-electron chi connectivity index (χ3n) is 2.89. The molecule has 0 saturated carbocycles. The van der Waals surface area contributed by atoms with Gasteiger partial charge in [0.05, 0.1) is 12.1 Å². The lowest BCUT2D eigenvalue weighted by atomic mass is 10.1. The van der Waals surface area contributed by atoms with Gasteiger partial charge in [-0.25, -0.2) is 0 Å². The fourth-order valence-electron chi connectivity index (χ4n) is 1.93. The number of hydrogen-bond acceptors (Lipinski definition) is 2. The van der Waals surface area contributed by atoms with Gasteiger partial charge in [0.2, 0.25) is 0 Å². The van der Waals surface area contributed by atoms with Crippen LogP contribution < -0.4 is 5.73 Å². The molecular formula is C14H15N3O. The van der Waals surface area contributed by atoms with Gasteiger partial charge >= 0.3 is 0 Å². The van der Waals surface area contributed by atoms with Crippen LogP contribution in [0.4, 0.5) is 5.69 Å². The number of aromatic amines is 1. The zero-order valence-corrected chi connectivity index (χ0v) is 10.2. The lowest BCUT2D eigenvalue weighted by Gasteiger charge is -2.17. The summed E-state index contributed by atoms with van der Waals surface area (Å²) < 4.78 is 0. The molecule has 0 bridgehead atoms. The first-order valence-electron chi connectivity index (χ1n) is 5.76. The lowest BCUT2D eigenvalue weighted by Crippen LogP contribution is -2.30. The highest BCUT2D eigenvalue weighted by molar-refractivity contribution is 6.07. The molecule has 1 heterocycles. The highest BCUT2D eigenvalue weighted by Gasteiger charge is 2.17. The first kappa shape index (κ1) is 12.1. The number of carbonyl (C=O) groups is 1. The van der Waals surface area contributed by atoms with Crippen molar-refractivity contribution in [2.24, 2.45) is 0 Å². The molecule has 0 saturated heterocycles. The molecule has 0 atom stereocenters. The second-order valence-electron chi connectivity index (χ2n) is 4.03. The van der Waals surface area contributed by atoms with E-state index in [1.165, 1.54) is 0 Å². The van der Waals surface area contributed by atoms with E-state index in [9.17, 15) is 4.79 Å². The normalized spacial score (nSPS) is 10.2. The second kappa shape index (κ2) is 4.84. The van der Waals surface area contributed by atoms with Crippen molar-refractivity contribution in [2.75, 3.05) is 18.8 Å². The minimum atomic E-state index is -0.0635. The minimum absolute atomic E-state index is 0.0635. The summed E-state index contributed by atoms with van der Waals surface area (Å²) >= 11 is 0. The van der Waals surface area contributed by atoms with Crippen molar-refractivity contribution in [2.45, 2.75) is 6.92 Å². The second-order valence-corrected chi connectivity index (χ2v) is 4.03. The average Bonchev–Trinajstić information content (AvgIpc) is 2.77. The Morgan fingerprint density at radius 1 is 1.56 bits per heavy atom. The topological polar surface area (TPSA) is 62.1 Å². The van der Waals surface area contributed by atoms with E-state index in [1.807, 2.05) is 19.1 Å². The van der Waals surface area contributed by atoms with Crippen molar-refractivity contribution in [3.8, 4) is 12.3 Å². The van der Waals surface area contributed by atoms with Gasteiger partial charge in [-0.05, 0) is 25.1 Å². The quantitative estimate of drug-likeness (QED) is 0.636. The number of nitrogens with zero attached hydrogens (tertiary/aromatic N) is 1. The number of fused-ring (bicyclic) bond motifs is 1. The predicted octanol–water partition coefficient (Wildman–Crippen LogP) is 1.85. The number of amides is 1. The van der Waals surface area contributed by atoms with Gasteiger partial charge in [0.25, 0.3) is 5.91 Å². The molecule has 0 radical (unpaired) electrons. The lowest BCUT2D eigenvalue weighted by molar-refractivity contribution is 0.0787. The number of nitrogens with two attached hydrogens (primary N) is 1. The fraction of sp³-hybridized carbons (Fsp3) is 0.214. The van der Waals surface area contributed by atoms with Crippen molar-refractivity contribution in [3.05, 3.63) is 30.0 Å². The van der Waals surface area contributed by atoms with Crippen molar-refractivity contribution in [1.82, 2.24) is 9.88 Å². The number of nitrogen functional groups attached to an aromatic ring is 1.